The zero-order valence-electron chi connectivity index (χ0n) is 7.24. The van der Waals surface area contributed by atoms with Crippen LogP contribution >= 0.6 is 0 Å². The lowest BCUT2D eigenvalue weighted by Crippen LogP contribution is -2.43. The minimum absolute atomic E-state index is 0.0223. The van der Waals surface area contributed by atoms with Gasteiger partial charge in [0.2, 0.25) is 12.4 Å². The molecular weight excluding hydrogens is 210 g/mol. The Labute approximate surface area is 81.6 Å². The monoisotopic (exact) mass is 220 g/mol. The summed E-state index contributed by atoms with van der Waals surface area (Å²) in [5.41, 5.74) is 0. The van der Waals surface area contributed by atoms with Crippen LogP contribution < -0.4 is 9.57 Å². The molecule has 0 aliphatic rings. The Morgan fingerprint density at radius 3 is 2.36 bits per heavy atom. The first kappa shape index (κ1) is 10.9. The molecule has 14 heavy (non-hydrogen) atoms. The van der Waals surface area contributed by atoms with E-state index in [1.165, 1.54) is 4.73 Å². The van der Waals surface area contributed by atoms with E-state index >= 15 is 0 Å². The summed E-state index contributed by atoms with van der Waals surface area (Å²) in [6.07, 6.45) is 3.29. The summed E-state index contributed by atoms with van der Waals surface area (Å²) in [5.74, 6) is 0. The number of nitrogens with zero attached hydrogens (tertiary/aromatic N) is 1. The topological polar surface area (TPSA) is 76.7 Å². The molecule has 0 saturated carbocycles. The third kappa shape index (κ3) is 4.75. The Kier molecular flexibility index (Phi) is 3.81. The second-order valence-electron chi connectivity index (χ2n) is 2.32. The molecule has 1 aromatic heterocycles. The lowest BCUT2D eigenvalue weighted by Gasteiger charge is -1.97. The molecule has 6 nitrogen and oxygen atoms in total. The molecule has 0 amide bonds. The van der Waals surface area contributed by atoms with Crippen LogP contribution in [0.25, 0.3) is 0 Å². The van der Waals surface area contributed by atoms with Crippen molar-refractivity contribution in [1.82, 2.24) is 0 Å². The fraction of sp³-hybridized carbons (Fsp3) is 0.286. The van der Waals surface area contributed by atoms with E-state index in [2.05, 4.69) is 4.18 Å². The average molecular weight is 220 g/mol. The Morgan fingerprint density at radius 2 is 1.79 bits per heavy atom. The Hall–Kier alpha value is -1.18. The van der Waals surface area contributed by atoms with Crippen LogP contribution in [0.15, 0.2) is 30.6 Å². The molecule has 0 atom stereocenters. The van der Waals surface area contributed by atoms with Gasteiger partial charge in [0.25, 0.3) is 0 Å². The molecule has 78 valence electrons. The van der Waals surface area contributed by atoms with Crippen molar-refractivity contribution in [1.29, 1.82) is 0 Å². The largest absolute Gasteiger partial charge is 0.397 e. The third-order valence-electron chi connectivity index (χ3n) is 1.24. The van der Waals surface area contributed by atoms with Crippen molar-refractivity contribution < 1.29 is 26.7 Å². The number of hydrogen-bond donors (Lipinski definition) is 1. The minimum atomic E-state index is -4.37. The van der Waals surface area contributed by atoms with Crippen LogP contribution in [0.1, 0.15) is 0 Å². The molecular formula is C7H10NO5S+. The fourth-order valence-corrected chi connectivity index (χ4v) is 1.03. The van der Waals surface area contributed by atoms with Gasteiger partial charge in [-0.05, 0) is 0 Å². The summed E-state index contributed by atoms with van der Waals surface area (Å²) in [5, 5.41) is 0. The second kappa shape index (κ2) is 4.89. The van der Waals surface area contributed by atoms with E-state index in [0.29, 0.717) is 0 Å². The smallest absolute Gasteiger partial charge is 0.269 e. The predicted molar refractivity (Wildman–Crippen MR) is 45.6 cm³/mol. The lowest BCUT2D eigenvalue weighted by molar-refractivity contribution is -0.891. The van der Waals surface area contributed by atoms with E-state index in [0.717, 1.165) is 0 Å². The molecule has 0 fully saturated rings. The maximum atomic E-state index is 10.1. The van der Waals surface area contributed by atoms with Crippen molar-refractivity contribution in [2.45, 2.75) is 0 Å². The first-order valence-electron chi connectivity index (χ1n) is 3.79. The van der Waals surface area contributed by atoms with Crippen LogP contribution in [0, 0.1) is 0 Å². The van der Waals surface area contributed by atoms with Crippen molar-refractivity contribution in [3.8, 4) is 0 Å². The molecule has 1 N–H and O–H groups in total. The maximum Gasteiger partial charge on any atom is 0.397 e. The van der Waals surface area contributed by atoms with E-state index in [4.69, 9.17) is 9.39 Å². The molecule has 0 aliphatic carbocycles. The quantitative estimate of drug-likeness (QED) is 0.400. The molecule has 7 heteroatoms. The van der Waals surface area contributed by atoms with Gasteiger partial charge in [-0.2, -0.15) is 8.42 Å². The lowest BCUT2D eigenvalue weighted by atomic mass is 10.5. The molecule has 0 aliphatic heterocycles. The fourth-order valence-electron chi connectivity index (χ4n) is 0.751. The van der Waals surface area contributed by atoms with Crippen LogP contribution in [0.3, 0.4) is 0 Å². The highest BCUT2D eigenvalue weighted by atomic mass is 32.3. The second-order valence-corrected chi connectivity index (χ2v) is 3.41. The van der Waals surface area contributed by atoms with E-state index in [1.807, 2.05) is 6.07 Å². The average Bonchev–Trinajstić information content (AvgIpc) is 2.13. The molecule has 0 radical (unpaired) electrons. The minimum Gasteiger partial charge on any atom is -0.269 e. The normalized spacial score (nSPS) is 11.2. The summed E-state index contributed by atoms with van der Waals surface area (Å²) in [6.45, 7) is -0.213. The van der Waals surface area contributed by atoms with Gasteiger partial charge in [0.15, 0.2) is 6.61 Å². The van der Waals surface area contributed by atoms with E-state index in [1.54, 1.807) is 24.5 Å². The van der Waals surface area contributed by atoms with Crippen molar-refractivity contribution >= 4 is 10.4 Å². The van der Waals surface area contributed by atoms with E-state index in [-0.39, 0.29) is 13.2 Å². The SMILES string of the molecule is O=S(=O)(O)OCCO[n+]1ccccc1. The molecule has 0 unspecified atom stereocenters. The Balaban J connectivity index is 2.23. The van der Waals surface area contributed by atoms with Crippen molar-refractivity contribution in [3.63, 3.8) is 0 Å². The highest BCUT2D eigenvalue weighted by Crippen LogP contribution is 1.83. The first-order valence-corrected chi connectivity index (χ1v) is 5.16. The van der Waals surface area contributed by atoms with Gasteiger partial charge in [-0.25, -0.2) is 4.18 Å². The number of aromatic nitrogens is 1. The number of hydrogen-bond acceptors (Lipinski definition) is 4. The van der Waals surface area contributed by atoms with Gasteiger partial charge in [0, 0.05) is 16.9 Å². The Morgan fingerprint density at radius 1 is 1.14 bits per heavy atom. The molecule has 1 rings (SSSR count). The van der Waals surface area contributed by atoms with Crippen LogP contribution in [0.2, 0.25) is 0 Å². The zero-order valence-corrected chi connectivity index (χ0v) is 8.05. The van der Waals surface area contributed by atoms with Gasteiger partial charge >= 0.3 is 10.4 Å². The molecule has 0 spiro atoms. The van der Waals surface area contributed by atoms with E-state index in [9.17, 15) is 8.42 Å². The zero-order chi connectivity index (χ0) is 10.4. The number of rotatable bonds is 5. The Bertz CT molecular complexity index is 363. The van der Waals surface area contributed by atoms with Gasteiger partial charge in [-0.15, -0.1) is 0 Å². The summed E-state index contributed by atoms with van der Waals surface area (Å²) in [7, 11) is -4.37. The summed E-state index contributed by atoms with van der Waals surface area (Å²) < 4.78 is 33.9. The van der Waals surface area contributed by atoms with Crippen molar-refractivity contribution in [2.24, 2.45) is 0 Å². The first-order chi connectivity index (χ1) is 6.58. The molecule has 0 bridgehead atoms. The van der Waals surface area contributed by atoms with Gasteiger partial charge < -0.3 is 0 Å². The summed E-state index contributed by atoms with van der Waals surface area (Å²) in [4.78, 5) is 5.02. The van der Waals surface area contributed by atoms with Crippen molar-refractivity contribution in [3.05, 3.63) is 30.6 Å². The molecule has 1 aromatic rings. The third-order valence-corrected chi connectivity index (χ3v) is 1.71. The van der Waals surface area contributed by atoms with Gasteiger partial charge in [0.1, 0.15) is 6.61 Å². The van der Waals surface area contributed by atoms with Gasteiger partial charge in [-0.3, -0.25) is 9.39 Å². The molecule has 0 aromatic carbocycles. The van der Waals surface area contributed by atoms with Crippen LogP contribution in [-0.4, -0.2) is 26.2 Å². The molecule has 0 saturated heterocycles. The van der Waals surface area contributed by atoms with Crippen molar-refractivity contribution in [2.75, 3.05) is 13.2 Å². The van der Waals surface area contributed by atoms with Gasteiger partial charge in [0.05, 0.1) is 0 Å². The maximum absolute atomic E-state index is 10.1. The van der Waals surface area contributed by atoms with Crippen LogP contribution in [0.5, 0.6) is 0 Å². The van der Waals surface area contributed by atoms with Crippen LogP contribution in [-0.2, 0) is 14.6 Å². The van der Waals surface area contributed by atoms with Gasteiger partial charge in [-0.1, -0.05) is 6.07 Å². The number of pyridine rings is 1. The predicted octanol–water partition coefficient (Wildman–Crippen LogP) is -0.778. The van der Waals surface area contributed by atoms with E-state index < -0.39 is 10.4 Å². The highest BCUT2D eigenvalue weighted by molar-refractivity contribution is 7.80. The highest BCUT2D eigenvalue weighted by Gasteiger charge is 2.05. The van der Waals surface area contributed by atoms with Crippen LogP contribution in [0.4, 0.5) is 0 Å². The standard InChI is InChI=1S/C7H9NO5S/c9-14(10,11)13-7-6-12-8-4-2-1-3-5-8/h1-5H,6-7H2/p+1. The molecule has 1 heterocycles. The summed E-state index contributed by atoms with van der Waals surface area (Å²) in [6, 6.07) is 5.32. The summed E-state index contributed by atoms with van der Waals surface area (Å²) >= 11 is 0.